The van der Waals surface area contributed by atoms with Crippen LogP contribution >= 0.6 is 15.9 Å². The summed E-state index contributed by atoms with van der Waals surface area (Å²) in [6.07, 6.45) is 0. The highest BCUT2D eigenvalue weighted by Crippen LogP contribution is 2.18. The number of ketones is 1. The van der Waals surface area contributed by atoms with Crippen LogP contribution in [0.15, 0.2) is 22.7 Å². The molecule has 0 saturated heterocycles. The van der Waals surface area contributed by atoms with Crippen LogP contribution in [0.25, 0.3) is 0 Å². The molecule has 1 aromatic rings. The normalized spacial score (nSPS) is 10.2. The van der Waals surface area contributed by atoms with E-state index in [1.54, 1.807) is 0 Å². The van der Waals surface area contributed by atoms with Gasteiger partial charge >= 0.3 is 0 Å². The number of carbonyl (C=O) groups excluding carboxylic acids is 1. The molecule has 0 saturated carbocycles. The van der Waals surface area contributed by atoms with Gasteiger partial charge in [0.05, 0.1) is 0 Å². The van der Waals surface area contributed by atoms with Crippen molar-refractivity contribution in [3.63, 3.8) is 0 Å². The Morgan fingerprint density at radius 1 is 1.57 bits per heavy atom. The van der Waals surface area contributed by atoms with Crippen molar-refractivity contribution in [3.05, 3.63) is 34.1 Å². The molecule has 0 spiro atoms. The van der Waals surface area contributed by atoms with Crippen molar-refractivity contribution >= 4 is 21.7 Å². The van der Waals surface area contributed by atoms with Crippen LogP contribution in [-0.4, -0.2) is 19.0 Å². The van der Waals surface area contributed by atoms with Gasteiger partial charge in [-0.25, -0.2) is 4.39 Å². The minimum absolute atomic E-state index is 0.0285. The zero-order chi connectivity index (χ0) is 10.6. The summed E-state index contributed by atoms with van der Waals surface area (Å²) in [5, 5.41) is 0. The SMILES string of the molecule is CCOCC(=O)c1ccc(F)cc1Br. The Morgan fingerprint density at radius 2 is 2.29 bits per heavy atom. The van der Waals surface area contributed by atoms with Gasteiger partial charge in [0, 0.05) is 16.6 Å². The third-order valence-corrected chi connectivity index (χ3v) is 2.32. The first-order valence-electron chi connectivity index (χ1n) is 4.21. The van der Waals surface area contributed by atoms with Gasteiger partial charge in [0.15, 0.2) is 5.78 Å². The standard InChI is InChI=1S/C10H10BrFO2/c1-2-14-6-10(13)8-4-3-7(12)5-9(8)11/h3-5H,2,6H2,1H3. The summed E-state index contributed by atoms with van der Waals surface area (Å²) in [5.74, 6) is -0.524. The van der Waals surface area contributed by atoms with Crippen molar-refractivity contribution in [3.8, 4) is 0 Å². The van der Waals surface area contributed by atoms with E-state index < -0.39 is 0 Å². The maximum atomic E-state index is 12.7. The topological polar surface area (TPSA) is 26.3 Å². The molecule has 0 aromatic heterocycles. The van der Waals surface area contributed by atoms with E-state index in [9.17, 15) is 9.18 Å². The summed E-state index contributed by atoms with van der Waals surface area (Å²) in [6, 6.07) is 3.96. The number of hydrogen-bond donors (Lipinski definition) is 0. The Morgan fingerprint density at radius 3 is 2.86 bits per heavy atom. The molecule has 1 rings (SSSR count). The van der Waals surface area contributed by atoms with Crippen LogP contribution in [0, 0.1) is 5.82 Å². The van der Waals surface area contributed by atoms with E-state index in [0.29, 0.717) is 16.6 Å². The molecule has 0 radical (unpaired) electrons. The Bertz CT molecular complexity index is 339. The van der Waals surface area contributed by atoms with E-state index in [1.165, 1.54) is 18.2 Å². The van der Waals surface area contributed by atoms with Crippen LogP contribution in [0.4, 0.5) is 4.39 Å². The van der Waals surface area contributed by atoms with Gasteiger partial charge in [0.1, 0.15) is 12.4 Å². The van der Waals surface area contributed by atoms with Gasteiger partial charge in [0.25, 0.3) is 0 Å². The van der Waals surface area contributed by atoms with E-state index in [1.807, 2.05) is 6.92 Å². The number of ether oxygens (including phenoxy) is 1. The maximum Gasteiger partial charge on any atom is 0.189 e. The molecule has 0 aliphatic heterocycles. The van der Waals surface area contributed by atoms with Crippen LogP contribution in [0.1, 0.15) is 17.3 Å². The molecule has 0 N–H and O–H groups in total. The summed E-state index contributed by atoms with van der Waals surface area (Å²) >= 11 is 3.12. The number of benzene rings is 1. The molecule has 1 aromatic carbocycles. The summed E-state index contributed by atoms with van der Waals surface area (Å²) in [5.41, 5.74) is 0.444. The first-order chi connectivity index (χ1) is 6.65. The van der Waals surface area contributed by atoms with Gasteiger partial charge in [-0.1, -0.05) is 0 Å². The maximum absolute atomic E-state index is 12.7. The quantitative estimate of drug-likeness (QED) is 0.779. The molecule has 0 unspecified atom stereocenters. The monoisotopic (exact) mass is 260 g/mol. The second-order valence-electron chi connectivity index (χ2n) is 2.68. The molecule has 76 valence electrons. The largest absolute Gasteiger partial charge is 0.374 e. The second kappa shape index (κ2) is 5.22. The highest BCUT2D eigenvalue weighted by Gasteiger charge is 2.10. The summed E-state index contributed by atoms with van der Waals surface area (Å²) in [4.78, 5) is 11.5. The first-order valence-corrected chi connectivity index (χ1v) is 5.00. The molecule has 0 fully saturated rings. The highest BCUT2D eigenvalue weighted by atomic mass is 79.9. The zero-order valence-corrected chi connectivity index (χ0v) is 9.30. The van der Waals surface area contributed by atoms with Crippen LogP contribution in [0.5, 0.6) is 0 Å². The fourth-order valence-corrected chi connectivity index (χ4v) is 1.56. The molecule has 0 bridgehead atoms. The van der Waals surface area contributed by atoms with Crippen molar-refractivity contribution in [2.24, 2.45) is 0 Å². The van der Waals surface area contributed by atoms with Gasteiger partial charge < -0.3 is 4.74 Å². The van der Waals surface area contributed by atoms with Crippen molar-refractivity contribution in [2.45, 2.75) is 6.92 Å². The van der Waals surface area contributed by atoms with Gasteiger partial charge in [-0.05, 0) is 41.1 Å². The summed E-state index contributed by atoms with van der Waals surface area (Å²) in [6.45, 7) is 2.33. The average molecular weight is 261 g/mol. The van der Waals surface area contributed by atoms with Crippen LogP contribution in [0.3, 0.4) is 0 Å². The Balaban J connectivity index is 2.80. The van der Waals surface area contributed by atoms with Crippen molar-refractivity contribution in [1.29, 1.82) is 0 Å². The van der Waals surface area contributed by atoms with Gasteiger partial charge in [-0.3, -0.25) is 4.79 Å². The molecule has 2 nitrogen and oxygen atoms in total. The van der Waals surface area contributed by atoms with Gasteiger partial charge in [-0.15, -0.1) is 0 Å². The molecular formula is C10H10BrFO2. The fourth-order valence-electron chi connectivity index (χ4n) is 0.988. The lowest BCUT2D eigenvalue weighted by molar-refractivity contribution is 0.0782. The average Bonchev–Trinajstić information content (AvgIpc) is 2.14. The third kappa shape index (κ3) is 2.89. The van der Waals surface area contributed by atoms with Crippen molar-refractivity contribution < 1.29 is 13.9 Å². The summed E-state index contributed by atoms with van der Waals surface area (Å²) < 4.78 is 18.1. The lowest BCUT2D eigenvalue weighted by Crippen LogP contribution is -2.09. The lowest BCUT2D eigenvalue weighted by Gasteiger charge is -2.03. The number of hydrogen-bond acceptors (Lipinski definition) is 2. The van der Waals surface area contributed by atoms with Crippen LogP contribution in [-0.2, 0) is 4.74 Å². The molecule has 0 atom stereocenters. The molecule has 0 aliphatic carbocycles. The predicted octanol–water partition coefficient (Wildman–Crippen LogP) is 2.81. The van der Waals surface area contributed by atoms with E-state index in [4.69, 9.17) is 4.74 Å². The minimum atomic E-state index is -0.371. The van der Waals surface area contributed by atoms with Gasteiger partial charge in [-0.2, -0.15) is 0 Å². The molecule has 4 heteroatoms. The third-order valence-electron chi connectivity index (χ3n) is 1.67. The second-order valence-corrected chi connectivity index (χ2v) is 3.54. The van der Waals surface area contributed by atoms with E-state index >= 15 is 0 Å². The van der Waals surface area contributed by atoms with Crippen molar-refractivity contribution in [2.75, 3.05) is 13.2 Å². The van der Waals surface area contributed by atoms with E-state index in [0.717, 1.165) is 0 Å². The molecular weight excluding hydrogens is 251 g/mol. The molecule has 0 amide bonds. The van der Waals surface area contributed by atoms with Crippen molar-refractivity contribution in [1.82, 2.24) is 0 Å². The lowest BCUT2D eigenvalue weighted by atomic mass is 10.1. The number of halogens is 2. The smallest absolute Gasteiger partial charge is 0.189 e. The molecule has 14 heavy (non-hydrogen) atoms. The Hall–Kier alpha value is -0.740. The zero-order valence-electron chi connectivity index (χ0n) is 7.72. The number of Topliss-reactive ketones (excluding diaryl/α,β-unsaturated/α-hetero) is 1. The number of carbonyl (C=O) groups is 1. The Labute approximate surface area is 90.2 Å². The van der Waals surface area contributed by atoms with E-state index in [2.05, 4.69) is 15.9 Å². The summed E-state index contributed by atoms with van der Waals surface area (Å²) in [7, 11) is 0. The fraction of sp³-hybridized carbons (Fsp3) is 0.300. The number of rotatable bonds is 4. The van der Waals surface area contributed by atoms with E-state index in [-0.39, 0.29) is 18.2 Å². The minimum Gasteiger partial charge on any atom is -0.374 e. The highest BCUT2D eigenvalue weighted by molar-refractivity contribution is 9.10. The Kier molecular flexibility index (Phi) is 4.22. The first kappa shape index (κ1) is 11.3. The van der Waals surface area contributed by atoms with Crippen LogP contribution < -0.4 is 0 Å². The molecule has 0 aliphatic rings. The van der Waals surface area contributed by atoms with Gasteiger partial charge in [0.2, 0.25) is 0 Å². The van der Waals surface area contributed by atoms with Crippen LogP contribution in [0.2, 0.25) is 0 Å². The predicted molar refractivity (Wildman–Crippen MR) is 54.9 cm³/mol. The molecule has 0 heterocycles.